The van der Waals surface area contributed by atoms with Crippen molar-refractivity contribution in [2.75, 3.05) is 31.4 Å². The summed E-state index contributed by atoms with van der Waals surface area (Å²) in [6, 6.07) is 16.4. The number of carbonyl (C=O) groups is 1. The van der Waals surface area contributed by atoms with Crippen LogP contribution in [0.5, 0.6) is 5.75 Å². The van der Waals surface area contributed by atoms with E-state index in [2.05, 4.69) is 32.1 Å². The molecule has 0 radical (unpaired) electrons. The zero-order chi connectivity index (χ0) is 23.8. The molecule has 0 saturated carbocycles. The highest BCUT2D eigenvalue weighted by atomic mass is 32.2. The number of benzene rings is 2. The van der Waals surface area contributed by atoms with Crippen molar-refractivity contribution in [3.05, 3.63) is 54.6 Å². The van der Waals surface area contributed by atoms with E-state index in [1.165, 1.54) is 11.8 Å². The predicted octanol–water partition coefficient (Wildman–Crippen LogP) is 5.92. The van der Waals surface area contributed by atoms with Gasteiger partial charge in [-0.25, -0.2) is 9.10 Å². The lowest BCUT2D eigenvalue weighted by atomic mass is 10.1. The van der Waals surface area contributed by atoms with Gasteiger partial charge in [0.1, 0.15) is 12.0 Å². The van der Waals surface area contributed by atoms with Crippen LogP contribution < -0.4 is 9.64 Å². The first-order valence-corrected chi connectivity index (χ1v) is 12.5. The molecule has 1 aliphatic rings. The van der Waals surface area contributed by atoms with E-state index in [9.17, 15) is 9.18 Å². The van der Waals surface area contributed by atoms with Crippen molar-refractivity contribution in [3.63, 3.8) is 0 Å². The van der Waals surface area contributed by atoms with Crippen LogP contribution in [-0.2, 0) is 9.53 Å². The number of hydrogen-bond acceptors (Lipinski definition) is 8. The molecule has 3 rings (SSSR count). The van der Waals surface area contributed by atoms with Gasteiger partial charge in [-0.1, -0.05) is 18.2 Å². The molecule has 0 aromatic heterocycles. The summed E-state index contributed by atoms with van der Waals surface area (Å²) >= 11 is 3.03. The van der Waals surface area contributed by atoms with Crippen LogP contribution in [0.15, 0.2) is 64.3 Å². The third kappa shape index (κ3) is 6.22. The molecule has 33 heavy (non-hydrogen) atoms. The maximum atomic E-state index is 14.0. The van der Waals surface area contributed by atoms with Crippen molar-refractivity contribution in [1.29, 1.82) is 5.26 Å². The average molecular weight is 488 g/mol. The van der Waals surface area contributed by atoms with Crippen LogP contribution in [0.3, 0.4) is 0 Å². The molecule has 9 heteroatoms. The number of ether oxygens (including phenoxy) is 2. The van der Waals surface area contributed by atoms with Crippen LogP contribution >= 0.6 is 23.7 Å². The number of rotatable bonds is 8. The lowest BCUT2D eigenvalue weighted by Crippen LogP contribution is -2.35. The van der Waals surface area contributed by atoms with Gasteiger partial charge < -0.3 is 14.4 Å². The van der Waals surface area contributed by atoms with E-state index < -0.39 is 11.8 Å². The van der Waals surface area contributed by atoms with Gasteiger partial charge in [-0.15, -0.1) is 11.8 Å². The Labute approximate surface area is 202 Å². The number of halogens is 1. The molecule has 1 atom stereocenters. The summed E-state index contributed by atoms with van der Waals surface area (Å²) in [4.78, 5) is 15.5. The van der Waals surface area contributed by atoms with Crippen molar-refractivity contribution >= 4 is 41.1 Å². The number of nitrogens with zero attached hydrogens (tertiary/aromatic N) is 3. The molecule has 6 nitrogen and oxygen atoms in total. The van der Waals surface area contributed by atoms with Gasteiger partial charge >= 0.3 is 5.97 Å². The van der Waals surface area contributed by atoms with Gasteiger partial charge in [-0.2, -0.15) is 9.65 Å². The fourth-order valence-corrected chi connectivity index (χ4v) is 5.03. The number of carbonyl (C=O) groups excluding carboxylic acids is 1. The van der Waals surface area contributed by atoms with E-state index in [0.29, 0.717) is 18.7 Å². The Morgan fingerprint density at radius 2 is 2.12 bits per heavy atom. The van der Waals surface area contributed by atoms with Gasteiger partial charge in [0.25, 0.3) is 0 Å². The van der Waals surface area contributed by atoms with Gasteiger partial charge in [0.15, 0.2) is 0 Å². The van der Waals surface area contributed by atoms with E-state index in [4.69, 9.17) is 10.00 Å². The maximum absolute atomic E-state index is 14.0. The fraction of sp³-hybridized carbons (Fsp3) is 0.333. The summed E-state index contributed by atoms with van der Waals surface area (Å²) in [5, 5.41) is 9.11. The first-order chi connectivity index (χ1) is 16.0. The molecule has 1 heterocycles. The van der Waals surface area contributed by atoms with E-state index in [-0.39, 0.29) is 12.6 Å². The molecule has 0 aliphatic carbocycles. The molecule has 2 aromatic rings. The highest BCUT2D eigenvalue weighted by Crippen LogP contribution is 2.45. The third-order valence-electron chi connectivity index (χ3n) is 5.10. The van der Waals surface area contributed by atoms with Crippen molar-refractivity contribution in [1.82, 2.24) is 4.31 Å². The van der Waals surface area contributed by atoms with Gasteiger partial charge in [0, 0.05) is 24.7 Å². The normalized spacial score (nSPS) is 16.5. The fourth-order valence-electron chi connectivity index (χ4n) is 3.44. The lowest BCUT2D eigenvalue weighted by molar-refractivity contribution is -0.140. The molecule has 1 aliphatic heterocycles. The molecule has 0 N–H and O–H groups in total. The minimum absolute atomic E-state index is 0.0836. The van der Waals surface area contributed by atoms with Crippen LogP contribution in [0.4, 0.5) is 15.8 Å². The summed E-state index contributed by atoms with van der Waals surface area (Å²) in [6.45, 7) is 2.41. The number of hydrogen-bond donors (Lipinski definition) is 0. The van der Waals surface area contributed by atoms with Gasteiger partial charge in [0.05, 0.1) is 28.2 Å². The Bertz CT molecular complexity index is 1040. The third-order valence-corrected chi connectivity index (χ3v) is 6.97. The number of nitriles is 1. The highest BCUT2D eigenvalue weighted by Gasteiger charge is 2.28. The highest BCUT2D eigenvalue weighted by molar-refractivity contribution is 7.98. The van der Waals surface area contributed by atoms with Crippen LogP contribution in [0.2, 0.25) is 0 Å². The predicted molar refractivity (Wildman–Crippen MR) is 130 cm³/mol. The molecular weight excluding hydrogens is 461 g/mol. The molecule has 0 amide bonds. The van der Waals surface area contributed by atoms with Crippen LogP contribution in [0.25, 0.3) is 0 Å². The Balaban J connectivity index is 2.02. The topological polar surface area (TPSA) is 65.8 Å². The second kappa shape index (κ2) is 12.0. The minimum Gasteiger partial charge on any atom is -0.461 e. The van der Waals surface area contributed by atoms with E-state index >= 15 is 0 Å². The van der Waals surface area contributed by atoms with E-state index in [1.54, 1.807) is 18.9 Å². The first-order valence-electron chi connectivity index (χ1n) is 10.5. The number of fused-ring (bicyclic) bond motifs is 1. The van der Waals surface area contributed by atoms with Crippen LogP contribution in [-0.4, -0.2) is 42.8 Å². The zero-order valence-corrected chi connectivity index (χ0v) is 20.4. The monoisotopic (exact) mass is 487 g/mol. The largest absolute Gasteiger partial charge is 0.461 e. The molecular formula is C24H26FN3O3S2. The molecule has 174 valence electrons. The standard InChI is InChI=1S/C24H26FN3O3S2/c1-4-30-24(29)19(25)16-31-21-14-22-20(13-23(21)32-3)28(17-9-6-5-7-10-17)15-18(11-8-12-26)27(2)33-22/h5-7,9-10,13-14,16,18H,4,8,11,15H2,1-3H3/b19-16-. The second-order valence-corrected chi connectivity index (χ2v) is 9.26. The Morgan fingerprint density at radius 3 is 2.79 bits per heavy atom. The summed E-state index contributed by atoms with van der Waals surface area (Å²) in [6.07, 6.45) is 3.91. The quantitative estimate of drug-likeness (QED) is 0.149. The molecule has 2 aromatic carbocycles. The molecule has 0 bridgehead atoms. The van der Waals surface area contributed by atoms with Crippen molar-refractivity contribution in [3.8, 4) is 11.8 Å². The molecule has 0 saturated heterocycles. The zero-order valence-electron chi connectivity index (χ0n) is 18.8. The summed E-state index contributed by atoms with van der Waals surface area (Å²) < 4.78 is 26.4. The Morgan fingerprint density at radius 1 is 1.36 bits per heavy atom. The molecule has 1 unspecified atom stereocenters. The van der Waals surface area contributed by atoms with Crippen molar-refractivity contribution < 1.29 is 18.7 Å². The summed E-state index contributed by atoms with van der Waals surface area (Å²) in [7, 11) is 2.01. The van der Waals surface area contributed by atoms with Crippen LogP contribution in [0.1, 0.15) is 19.8 Å². The van der Waals surface area contributed by atoms with E-state index in [1.807, 2.05) is 43.6 Å². The number of para-hydroxylation sites is 1. The first kappa shape index (κ1) is 25.0. The lowest BCUT2D eigenvalue weighted by Gasteiger charge is -2.29. The maximum Gasteiger partial charge on any atom is 0.370 e. The summed E-state index contributed by atoms with van der Waals surface area (Å²) in [5.74, 6) is -1.70. The number of anilines is 2. The molecule has 0 spiro atoms. The second-order valence-electron chi connectivity index (χ2n) is 7.21. The smallest absolute Gasteiger partial charge is 0.370 e. The summed E-state index contributed by atoms with van der Waals surface area (Å²) in [5.41, 5.74) is 2.05. The van der Waals surface area contributed by atoms with Crippen molar-refractivity contribution in [2.24, 2.45) is 0 Å². The number of esters is 1. The van der Waals surface area contributed by atoms with E-state index in [0.717, 1.165) is 33.8 Å². The van der Waals surface area contributed by atoms with Crippen molar-refractivity contribution in [2.45, 2.75) is 35.6 Å². The Kier molecular flexibility index (Phi) is 9.06. The SMILES string of the molecule is CCOC(=O)/C(F)=C/Oc1cc2c(cc1SC)N(c1ccccc1)CC(CCC#N)N(C)S2. The molecule has 0 fully saturated rings. The minimum atomic E-state index is -1.09. The van der Waals surface area contributed by atoms with Gasteiger partial charge in [0.2, 0.25) is 5.83 Å². The van der Waals surface area contributed by atoms with Gasteiger partial charge in [-0.3, -0.25) is 0 Å². The Hall–Kier alpha value is -2.67. The number of thioether (sulfide) groups is 1. The average Bonchev–Trinajstić information content (AvgIpc) is 2.96. The van der Waals surface area contributed by atoms with Gasteiger partial charge in [-0.05, 0) is 62.9 Å². The van der Waals surface area contributed by atoms with Crippen LogP contribution in [0, 0.1) is 11.3 Å². The number of likely N-dealkylation sites (N-methyl/N-ethyl adjacent to an activating group) is 1.